The molecular weight excluding hydrogens is 240 g/mol. The lowest BCUT2D eigenvalue weighted by atomic mass is 10.1. The van der Waals surface area contributed by atoms with E-state index in [1.54, 1.807) is 0 Å². The van der Waals surface area contributed by atoms with Gasteiger partial charge >= 0.3 is 0 Å². The predicted molar refractivity (Wildman–Crippen MR) is 74.0 cm³/mol. The standard InChI is InChI=1S/C14H18N4O/c19-10-11-6-2-1-5-9-18(11)14-15-12-7-3-4-8-13(12)16-17-14/h3-4,7-8,11,19H,1-2,5-6,9-10H2. The molecule has 1 fully saturated rings. The maximum Gasteiger partial charge on any atom is 0.246 e. The molecule has 0 radical (unpaired) electrons. The zero-order valence-electron chi connectivity index (χ0n) is 10.9. The van der Waals surface area contributed by atoms with Crippen LogP contribution in [0, 0.1) is 0 Å². The Labute approximate surface area is 112 Å². The second-order valence-electron chi connectivity index (χ2n) is 4.98. The number of rotatable bonds is 2. The first-order chi connectivity index (χ1) is 9.38. The van der Waals surface area contributed by atoms with Gasteiger partial charge in [0.05, 0.1) is 18.2 Å². The van der Waals surface area contributed by atoms with Gasteiger partial charge in [0.15, 0.2) is 0 Å². The minimum absolute atomic E-state index is 0.116. The molecule has 2 heterocycles. The van der Waals surface area contributed by atoms with Crippen LogP contribution in [0.25, 0.3) is 11.0 Å². The van der Waals surface area contributed by atoms with Crippen LogP contribution < -0.4 is 4.90 Å². The van der Waals surface area contributed by atoms with Crippen molar-refractivity contribution >= 4 is 17.0 Å². The molecule has 0 spiro atoms. The van der Waals surface area contributed by atoms with E-state index in [0.717, 1.165) is 36.8 Å². The SMILES string of the molecule is OCC1CCCCCN1c1nnc2ccccc2n1. The number of benzene rings is 1. The minimum Gasteiger partial charge on any atom is -0.394 e. The fraction of sp³-hybridized carbons (Fsp3) is 0.500. The molecular formula is C14H18N4O. The molecule has 1 aromatic heterocycles. The van der Waals surface area contributed by atoms with Crippen molar-refractivity contribution in [1.82, 2.24) is 15.2 Å². The third-order valence-corrected chi connectivity index (χ3v) is 3.69. The van der Waals surface area contributed by atoms with Crippen molar-refractivity contribution in [3.63, 3.8) is 0 Å². The molecule has 1 atom stereocenters. The van der Waals surface area contributed by atoms with Crippen molar-refractivity contribution in [3.8, 4) is 0 Å². The van der Waals surface area contributed by atoms with Crippen LogP contribution >= 0.6 is 0 Å². The van der Waals surface area contributed by atoms with Gasteiger partial charge in [0.25, 0.3) is 0 Å². The Kier molecular flexibility index (Phi) is 3.55. The molecule has 1 aliphatic heterocycles. The number of nitrogens with zero attached hydrogens (tertiary/aromatic N) is 4. The Morgan fingerprint density at radius 3 is 2.79 bits per heavy atom. The van der Waals surface area contributed by atoms with Crippen LogP contribution in [-0.2, 0) is 0 Å². The van der Waals surface area contributed by atoms with E-state index >= 15 is 0 Å². The fourth-order valence-corrected chi connectivity index (χ4v) is 2.62. The third-order valence-electron chi connectivity index (χ3n) is 3.69. The number of hydrogen-bond donors (Lipinski definition) is 1. The Morgan fingerprint density at radius 1 is 1.11 bits per heavy atom. The number of aliphatic hydroxyl groups excluding tert-OH is 1. The Balaban J connectivity index is 1.96. The highest BCUT2D eigenvalue weighted by Crippen LogP contribution is 2.21. The highest BCUT2D eigenvalue weighted by molar-refractivity contribution is 5.74. The van der Waals surface area contributed by atoms with Gasteiger partial charge in [-0.25, -0.2) is 4.98 Å². The monoisotopic (exact) mass is 258 g/mol. The zero-order valence-corrected chi connectivity index (χ0v) is 10.9. The highest BCUT2D eigenvalue weighted by atomic mass is 16.3. The molecule has 0 saturated carbocycles. The summed E-state index contributed by atoms with van der Waals surface area (Å²) in [6, 6.07) is 7.85. The molecule has 0 amide bonds. The molecule has 19 heavy (non-hydrogen) atoms. The average molecular weight is 258 g/mol. The van der Waals surface area contributed by atoms with Crippen molar-refractivity contribution in [2.75, 3.05) is 18.1 Å². The Bertz CT molecular complexity index is 560. The number of aliphatic hydroxyl groups is 1. The van der Waals surface area contributed by atoms with Crippen LogP contribution in [0.1, 0.15) is 25.7 Å². The summed E-state index contributed by atoms with van der Waals surface area (Å²) in [4.78, 5) is 6.68. The average Bonchev–Trinajstić information content (AvgIpc) is 2.72. The third kappa shape index (κ3) is 2.51. The number of anilines is 1. The normalized spacial score (nSPS) is 20.5. The lowest BCUT2D eigenvalue weighted by Crippen LogP contribution is -2.38. The molecule has 1 unspecified atom stereocenters. The van der Waals surface area contributed by atoms with Crippen LogP contribution in [0.5, 0.6) is 0 Å². The number of para-hydroxylation sites is 1. The van der Waals surface area contributed by atoms with Crippen LogP contribution in [0.15, 0.2) is 24.3 Å². The predicted octanol–water partition coefficient (Wildman–Crippen LogP) is 1.77. The molecule has 1 saturated heterocycles. The first-order valence-corrected chi connectivity index (χ1v) is 6.85. The minimum atomic E-state index is 0.116. The molecule has 0 bridgehead atoms. The zero-order chi connectivity index (χ0) is 13.1. The summed E-state index contributed by atoms with van der Waals surface area (Å²) in [6.45, 7) is 1.04. The van der Waals surface area contributed by atoms with Crippen LogP contribution in [0.3, 0.4) is 0 Å². The lowest BCUT2D eigenvalue weighted by Gasteiger charge is -2.28. The van der Waals surface area contributed by atoms with E-state index in [0.29, 0.717) is 5.95 Å². The van der Waals surface area contributed by atoms with Gasteiger partial charge in [-0.3, -0.25) is 0 Å². The lowest BCUT2D eigenvalue weighted by molar-refractivity contribution is 0.254. The molecule has 0 aliphatic carbocycles. The van der Waals surface area contributed by atoms with Gasteiger partial charge in [-0.1, -0.05) is 25.0 Å². The summed E-state index contributed by atoms with van der Waals surface area (Å²) in [5, 5.41) is 18.0. The van der Waals surface area contributed by atoms with E-state index in [2.05, 4.69) is 20.1 Å². The van der Waals surface area contributed by atoms with Crippen molar-refractivity contribution in [1.29, 1.82) is 0 Å². The fourth-order valence-electron chi connectivity index (χ4n) is 2.62. The van der Waals surface area contributed by atoms with Crippen LogP contribution in [-0.4, -0.2) is 39.5 Å². The number of fused-ring (bicyclic) bond motifs is 1. The van der Waals surface area contributed by atoms with Gasteiger partial charge in [-0.2, -0.15) is 0 Å². The van der Waals surface area contributed by atoms with Crippen molar-refractivity contribution < 1.29 is 5.11 Å². The maximum absolute atomic E-state index is 9.54. The summed E-state index contributed by atoms with van der Waals surface area (Å²) in [5.41, 5.74) is 1.66. The van der Waals surface area contributed by atoms with Crippen molar-refractivity contribution in [2.24, 2.45) is 0 Å². The number of hydrogen-bond acceptors (Lipinski definition) is 5. The van der Waals surface area contributed by atoms with E-state index < -0.39 is 0 Å². The Morgan fingerprint density at radius 2 is 1.95 bits per heavy atom. The van der Waals surface area contributed by atoms with E-state index in [4.69, 9.17) is 0 Å². The molecule has 3 rings (SSSR count). The molecule has 1 N–H and O–H groups in total. The van der Waals surface area contributed by atoms with Gasteiger partial charge in [0.2, 0.25) is 5.95 Å². The quantitative estimate of drug-likeness (QED) is 0.889. The molecule has 5 nitrogen and oxygen atoms in total. The Hall–Kier alpha value is -1.75. The topological polar surface area (TPSA) is 62.1 Å². The van der Waals surface area contributed by atoms with Gasteiger partial charge in [-0.15, -0.1) is 10.2 Å². The summed E-state index contributed by atoms with van der Waals surface area (Å²) in [7, 11) is 0. The molecule has 1 aliphatic rings. The summed E-state index contributed by atoms with van der Waals surface area (Å²) < 4.78 is 0. The van der Waals surface area contributed by atoms with Crippen molar-refractivity contribution in [2.45, 2.75) is 31.7 Å². The van der Waals surface area contributed by atoms with E-state index in [-0.39, 0.29) is 12.6 Å². The summed E-state index contributed by atoms with van der Waals surface area (Å²) in [5.74, 6) is 0.639. The van der Waals surface area contributed by atoms with Gasteiger partial charge < -0.3 is 10.0 Å². The number of aromatic nitrogens is 3. The highest BCUT2D eigenvalue weighted by Gasteiger charge is 2.23. The maximum atomic E-state index is 9.54. The second kappa shape index (κ2) is 5.48. The van der Waals surface area contributed by atoms with Gasteiger partial charge in [-0.05, 0) is 25.0 Å². The summed E-state index contributed by atoms with van der Waals surface area (Å²) >= 11 is 0. The van der Waals surface area contributed by atoms with E-state index in [1.807, 2.05) is 24.3 Å². The van der Waals surface area contributed by atoms with E-state index in [9.17, 15) is 5.11 Å². The first-order valence-electron chi connectivity index (χ1n) is 6.85. The van der Waals surface area contributed by atoms with Gasteiger partial charge in [0, 0.05) is 6.54 Å². The molecule has 5 heteroatoms. The summed E-state index contributed by atoms with van der Waals surface area (Å²) in [6.07, 6.45) is 4.47. The van der Waals surface area contributed by atoms with Crippen molar-refractivity contribution in [3.05, 3.63) is 24.3 Å². The van der Waals surface area contributed by atoms with Crippen LogP contribution in [0.4, 0.5) is 5.95 Å². The van der Waals surface area contributed by atoms with E-state index in [1.165, 1.54) is 6.42 Å². The van der Waals surface area contributed by atoms with Gasteiger partial charge in [0.1, 0.15) is 5.52 Å². The molecule has 2 aromatic rings. The second-order valence-corrected chi connectivity index (χ2v) is 4.98. The molecule has 1 aromatic carbocycles. The first kappa shape index (κ1) is 12.3. The smallest absolute Gasteiger partial charge is 0.246 e. The van der Waals surface area contributed by atoms with Crippen LogP contribution in [0.2, 0.25) is 0 Å². The largest absolute Gasteiger partial charge is 0.394 e. The molecule has 100 valence electrons.